The number of halogens is 2. The summed E-state index contributed by atoms with van der Waals surface area (Å²) in [6, 6.07) is 9.81. The fourth-order valence-corrected chi connectivity index (χ4v) is 6.07. The van der Waals surface area contributed by atoms with Gasteiger partial charge in [-0.2, -0.15) is 4.31 Å². The lowest BCUT2D eigenvalue weighted by molar-refractivity contribution is -0.138. The number of sulfonamides is 1. The van der Waals surface area contributed by atoms with Crippen molar-refractivity contribution in [1.29, 1.82) is 0 Å². The molecular weight excluding hydrogens is 458 g/mol. The molecule has 1 aliphatic heterocycles. The van der Waals surface area contributed by atoms with Crippen LogP contribution in [0.15, 0.2) is 63.4 Å². The third-order valence-electron chi connectivity index (χ3n) is 5.48. The number of hydrogen-bond donors (Lipinski definition) is 0. The SMILES string of the molecule is O=C(C1CCN(S(=O)(=O)c2cc(F)ccc2F)CC1)N(Cc1ccco1)Cc1cccs1. The summed E-state index contributed by atoms with van der Waals surface area (Å²) >= 11 is 1.55. The second-order valence-electron chi connectivity index (χ2n) is 7.61. The maximum atomic E-state index is 14.1. The Bertz CT molecular complexity index is 1120. The average Bonchev–Trinajstić information content (AvgIpc) is 3.49. The van der Waals surface area contributed by atoms with Crippen LogP contribution in [-0.2, 0) is 27.9 Å². The Morgan fingerprint density at radius 2 is 1.91 bits per heavy atom. The Morgan fingerprint density at radius 1 is 1.12 bits per heavy atom. The largest absolute Gasteiger partial charge is 0.467 e. The number of carbonyl (C=O) groups is 1. The van der Waals surface area contributed by atoms with Crippen molar-refractivity contribution in [2.45, 2.75) is 30.8 Å². The Morgan fingerprint density at radius 3 is 2.56 bits per heavy atom. The number of benzene rings is 1. The average molecular weight is 481 g/mol. The number of hydrogen-bond acceptors (Lipinski definition) is 5. The van der Waals surface area contributed by atoms with Crippen molar-refractivity contribution in [2.24, 2.45) is 5.92 Å². The highest BCUT2D eigenvalue weighted by Crippen LogP contribution is 2.28. The van der Waals surface area contributed by atoms with Crippen LogP contribution in [0.3, 0.4) is 0 Å². The van der Waals surface area contributed by atoms with Crippen molar-refractivity contribution in [3.8, 4) is 0 Å². The lowest BCUT2D eigenvalue weighted by atomic mass is 9.96. The summed E-state index contributed by atoms with van der Waals surface area (Å²) in [5.74, 6) is -1.60. The summed E-state index contributed by atoms with van der Waals surface area (Å²) in [6.07, 6.45) is 2.15. The van der Waals surface area contributed by atoms with Gasteiger partial charge in [0.1, 0.15) is 22.3 Å². The van der Waals surface area contributed by atoms with Gasteiger partial charge < -0.3 is 9.32 Å². The summed E-state index contributed by atoms with van der Waals surface area (Å²) in [6.45, 7) is 0.867. The highest BCUT2D eigenvalue weighted by molar-refractivity contribution is 7.89. The molecule has 0 bridgehead atoms. The zero-order valence-electron chi connectivity index (χ0n) is 17.1. The summed E-state index contributed by atoms with van der Waals surface area (Å²) in [4.78, 5) is 15.4. The molecule has 3 heterocycles. The molecule has 2 aromatic heterocycles. The van der Waals surface area contributed by atoms with Crippen LogP contribution in [0.4, 0.5) is 8.78 Å². The molecule has 4 rings (SSSR count). The summed E-state index contributed by atoms with van der Waals surface area (Å²) in [5.41, 5.74) is 0. The van der Waals surface area contributed by atoms with E-state index in [2.05, 4.69) is 0 Å². The number of rotatable bonds is 7. The van der Waals surface area contributed by atoms with E-state index in [4.69, 9.17) is 4.42 Å². The second kappa shape index (κ2) is 9.51. The molecule has 0 unspecified atom stereocenters. The molecule has 0 radical (unpaired) electrons. The highest BCUT2D eigenvalue weighted by Gasteiger charge is 2.35. The third-order valence-corrected chi connectivity index (χ3v) is 8.25. The molecule has 6 nitrogen and oxygen atoms in total. The molecule has 32 heavy (non-hydrogen) atoms. The molecule has 1 amide bonds. The van der Waals surface area contributed by atoms with Crippen LogP contribution in [0.5, 0.6) is 0 Å². The first-order valence-corrected chi connectivity index (χ1v) is 12.5. The van der Waals surface area contributed by atoms with Crippen molar-refractivity contribution in [3.63, 3.8) is 0 Å². The number of furan rings is 1. The monoisotopic (exact) mass is 480 g/mol. The van der Waals surface area contributed by atoms with E-state index >= 15 is 0 Å². The lowest BCUT2D eigenvalue weighted by Crippen LogP contribution is -2.44. The van der Waals surface area contributed by atoms with Crippen LogP contribution in [0.2, 0.25) is 0 Å². The smallest absolute Gasteiger partial charge is 0.246 e. The topological polar surface area (TPSA) is 70.8 Å². The van der Waals surface area contributed by atoms with Gasteiger partial charge >= 0.3 is 0 Å². The van der Waals surface area contributed by atoms with E-state index < -0.39 is 26.6 Å². The van der Waals surface area contributed by atoms with Gasteiger partial charge in [-0.05, 0) is 54.6 Å². The van der Waals surface area contributed by atoms with Gasteiger partial charge in [0.25, 0.3) is 0 Å². The second-order valence-corrected chi connectivity index (χ2v) is 10.5. The Labute approximate surface area is 189 Å². The van der Waals surface area contributed by atoms with E-state index in [0.29, 0.717) is 37.8 Å². The van der Waals surface area contributed by atoms with Crippen LogP contribution in [0.25, 0.3) is 0 Å². The van der Waals surface area contributed by atoms with Crippen molar-refractivity contribution in [2.75, 3.05) is 13.1 Å². The minimum absolute atomic E-state index is 0.0578. The summed E-state index contributed by atoms with van der Waals surface area (Å²) < 4.78 is 59.7. The maximum absolute atomic E-state index is 14.1. The third kappa shape index (κ3) is 4.92. The maximum Gasteiger partial charge on any atom is 0.246 e. The van der Waals surface area contributed by atoms with Crippen molar-refractivity contribution in [1.82, 2.24) is 9.21 Å². The normalized spacial score (nSPS) is 15.7. The van der Waals surface area contributed by atoms with E-state index in [1.165, 1.54) is 0 Å². The van der Waals surface area contributed by atoms with Crippen LogP contribution in [0, 0.1) is 17.6 Å². The minimum atomic E-state index is -4.19. The van der Waals surface area contributed by atoms with Gasteiger partial charge in [0.15, 0.2) is 0 Å². The van der Waals surface area contributed by atoms with Crippen LogP contribution < -0.4 is 0 Å². The van der Waals surface area contributed by atoms with Gasteiger partial charge in [-0.25, -0.2) is 17.2 Å². The number of amides is 1. The zero-order valence-corrected chi connectivity index (χ0v) is 18.7. The fourth-order valence-electron chi connectivity index (χ4n) is 3.81. The minimum Gasteiger partial charge on any atom is -0.467 e. The number of carbonyl (C=O) groups excluding carboxylic acids is 1. The molecule has 0 N–H and O–H groups in total. The highest BCUT2D eigenvalue weighted by atomic mass is 32.2. The molecule has 1 fully saturated rings. The molecule has 0 aliphatic carbocycles. The molecule has 0 spiro atoms. The first-order chi connectivity index (χ1) is 15.3. The predicted molar refractivity (Wildman–Crippen MR) is 115 cm³/mol. The van der Waals surface area contributed by atoms with Gasteiger partial charge in [-0.15, -0.1) is 11.3 Å². The number of thiophene rings is 1. The van der Waals surface area contributed by atoms with Gasteiger partial charge in [-0.1, -0.05) is 6.07 Å². The van der Waals surface area contributed by atoms with Crippen molar-refractivity contribution in [3.05, 3.63) is 76.4 Å². The van der Waals surface area contributed by atoms with E-state index in [9.17, 15) is 22.0 Å². The zero-order chi connectivity index (χ0) is 22.7. The molecule has 1 aromatic carbocycles. The van der Waals surface area contributed by atoms with E-state index in [-0.39, 0.29) is 24.9 Å². The van der Waals surface area contributed by atoms with Gasteiger partial charge in [0.2, 0.25) is 15.9 Å². The molecule has 10 heteroatoms. The van der Waals surface area contributed by atoms with E-state index in [1.807, 2.05) is 17.5 Å². The Balaban J connectivity index is 1.45. The molecule has 0 saturated carbocycles. The molecule has 1 aliphatic rings. The molecule has 1 saturated heterocycles. The standard InChI is InChI=1S/C22H22F2N2O4S2/c23-17-5-6-20(24)21(13-17)32(28,29)26-9-7-16(8-10-26)22(27)25(14-18-3-1-11-30-18)15-19-4-2-12-31-19/h1-6,11-13,16H,7-10,14-15H2. The van der Waals surface area contributed by atoms with Crippen LogP contribution in [-0.4, -0.2) is 36.6 Å². The molecular formula is C22H22F2N2O4S2. The van der Waals surface area contributed by atoms with E-state index in [0.717, 1.165) is 21.3 Å². The lowest BCUT2D eigenvalue weighted by Gasteiger charge is -2.33. The van der Waals surface area contributed by atoms with Crippen LogP contribution >= 0.6 is 11.3 Å². The van der Waals surface area contributed by atoms with Gasteiger partial charge in [-0.3, -0.25) is 4.79 Å². The quantitative estimate of drug-likeness (QED) is 0.507. The Kier molecular flexibility index (Phi) is 6.73. The molecule has 170 valence electrons. The Hall–Kier alpha value is -2.56. The molecule has 3 aromatic rings. The first-order valence-electron chi connectivity index (χ1n) is 10.1. The van der Waals surface area contributed by atoms with Crippen LogP contribution in [0.1, 0.15) is 23.5 Å². The molecule has 0 atom stereocenters. The van der Waals surface area contributed by atoms with Gasteiger partial charge in [0, 0.05) is 23.9 Å². The summed E-state index contributed by atoms with van der Waals surface area (Å²) in [7, 11) is -4.19. The van der Waals surface area contributed by atoms with E-state index in [1.54, 1.807) is 34.6 Å². The summed E-state index contributed by atoms with van der Waals surface area (Å²) in [5, 5.41) is 1.94. The number of piperidine rings is 1. The van der Waals surface area contributed by atoms with Crippen molar-refractivity contribution >= 4 is 27.3 Å². The first kappa shape index (κ1) is 22.6. The van der Waals surface area contributed by atoms with Crippen molar-refractivity contribution < 1.29 is 26.4 Å². The predicted octanol–water partition coefficient (Wildman–Crippen LogP) is 4.25. The number of nitrogens with zero attached hydrogens (tertiary/aromatic N) is 2. The van der Waals surface area contributed by atoms with Gasteiger partial charge in [0.05, 0.1) is 19.4 Å². The fraction of sp³-hybridized carbons (Fsp3) is 0.318.